The lowest BCUT2D eigenvalue weighted by Crippen LogP contribution is -2.12. The maximum Gasteiger partial charge on any atom is 0.268 e. The van der Waals surface area contributed by atoms with Crippen LogP contribution in [0.1, 0.15) is 0 Å². The van der Waals surface area contributed by atoms with Crippen molar-refractivity contribution in [2.75, 3.05) is 5.75 Å². The van der Waals surface area contributed by atoms with E-state index in [0.29, 0.717) is 0 Å². The van der Waals surface area contributed by atoms with Crippen LogP contribution in [0.25, 0.3) is 0 Å². The minimum absolute atomic E-state index is 0.198. The maximum atomic E-state index is 10.8. The Morgan fingerprint density at radius 3 is 3.23 bits per heavy atom. The van der Waals surface area contributed by atoms with Gasteiger partial charge in [0.2, 0.25) is 0 Å². The molecule has 2 heterocycles. The summed E-state index contributed by atoms with van der Waals surface area (Å²) in [6, 6.07) is 0. The molecule has 0 radical (unpaired) electrons. The summed E-state index contributed by atoms with van der Waals surface area (Å²) in [6.45, 7) is 0. The van der Waals surface area contributed by atoms with Gasteiger partial charge in [0, 0.05) is 17.5 Å². The molecule has 0 fully saturated rings. The van der Waals surface area contributed by atoms with E-state index in [1.807, 2.05) is 6.08 Å². The number of amides is 1. The third-order valence-electron chi connectivity index (χ3n) is 1.67. The Bertz CT molecular complexity index is 379. The summed E-state index contributed by atoms with van der Waals surface area (Å²) in [7, 11) is 0. The normalized spacial score (nSPS) is 19.8. The van der Waals surface area contributed by atoms with Gasteiger partial charge in [-0.05, 0) is 0 Å². The lowest BCUT2D eigenvalue weighted by atomic mass is 10.3. The number of aliphatic imine (C=N–C) groups is 2. The first-order valence-corrected chi connectivity index (χ1v) is 4.71. The van der Waals surface area contributed by atoms with Crippen LogP contribution in [-0.4, -0.2) is 22.9 Å². The van der Waals surface area contributed by atoms with E-state index in [0.717, 1.165) is 16.4 Å². The highest BCUT2D eigenvalue weighted by Crippen LogP contribution is 2.22. The molecule has 0 saturated carbocycles. The number of thioether (sulfide) groups is 1. The van der Waals surface area contributed by atoms with Gasteiger partial charge in [-0.1, -0.05) is 6.08 Å². The van der Waals surface area contributed by atoms with Gasteiger partial charge < -0.3 is 5.73 Å². The number of primary amides is 1. The standard InChI is InChI=1S/C8H7N3OS/c9-7(12)6-4-11-8-5(3-10-6)1-2-13-8/h1,3-4H,2H2,(H2,9,12). The first-order valence-electron chi connectivity index (χ1n) is 3.72. The molecule has 0 saturated heterocycles. The lowest BCUT2D eigenvalue weighted by molar-refractivity contribution is -0.114. The van der Waals surface area contributed by atoms with Gasteiger partial charge in [-0.3, -0.25) is 4.79 Å². The highest BCUT2D eigenvalue weighted by molar-refractivity contribution is 8.15. The molecule has 0 aromatic rings. The fraction of sp³-hybridized carbons (Fsp3) is 0.125. The van der Waals surface area contributed by atoms with E-state index >= 15 is 0 Å². The zero-order chi connectivity index (χ0) is 9.26. The van der Waals surface area contributed by atoms with Crippen LogP contribution in [0.2, 0.25) is 0 Å². The minimum atomic E-state index is -0.550. The SMILES string of the molecule is NC(=O)C1=CN=C2SCC=C2C=N1. The quantitative estimate of drug-likeness (QED) is 0.657. The Kier molecular flexibility index (Phi) is 2.02. The van der Waals surface area contributed by atoms with Gasteiger partial charge in [-0.2, -0.15) is 0 Å². The van der Waals surface area contributed by atoms with E-state index in [2.05, 4.69) is 9.98 Å². The van der Waals surface area contributed by atoms with Crippen molar-refractivity contribution in [3.63, 3.8) is 0 Å². The molecule has 0 aromatic heterocycles. The maximum absolute atomic E-state index is 10.8. The van der Waals surface area contributed by atoms with Crippen molar-refractivity contribution in [3.8, 4) is 0 Å². The number of carbonyl (C=O) groups excluding carboxylic acids is 1. The molecule has 0 aliphatic carbocycles. The van der Waals surface area contributed by atoms with E-state index < -0.39 is 5.91 Å². The van der Waals surface area contributed by atoms with Crippen LogP contribution < -0.4 is 5.73 Å². The zero-order valence-electron chi connectivity index (χ0n) is 6.73. The van der Waals surface area contributed by atoms with E-state index in [1.165, 1.54) is 6.20 Å². The van der Waals surface area contributed by atoms with Crippen LogP contribution in [0.4, 0.5) is 0 Å². The van der Waals surface area contributed by atoms with Crippen LogP contribution in [0.5, 0.6) is 0 Å². The second kappa shape index (κ2) is 3.18. The molecule has 2 rings (SSSR count). The molecular weight excluding hydrogens is 186 g/mol. The molecule has 66 valence electrons. The zero-order valence-corrected chi connectivity index (χ0v) is 7.54. The van der Waals surface area contributed by atoms with Crippen molar-refractivity contribution in [2.45, 2.75) is 0 Å². The van der Waals surface area contributed by atoms with Gasteiger partial charge in [-0.25, -0.2) is 9.98 Å². The van der Waals surface area contributed by atoms with Crippen LogP contribution in [0.3, 0.4) is 0 Å². The number of carbonyl (C=O) groups is 1. The number of fused-ring (bicyclic) bond motifs is 1. The molecule has 0 bridgehead atoms. The second-order valence-corrected chi connectivity index (χ2v) is 3.55. The van der Waals surface area contributed by atoms with Crippen molar-refractivity contribution in [3.05, 3.63) is 23.5 Å². The number of hydrogen-bond donors (Lipinski definition) is 1. The van der Waals surface area contributed by atoms with Gasteiger partial charge in [-0.15, -0.1) is 11.8 Å². The Morgan fingerprint density at radius 1 is 1.62 bits per heavy atom. The average molecular weight is 193 g/mol. The van der Waals surface area contributed by atoms with Crippen molar-refractivity contribution >= 4 is 28.9 Å². The molecule has 4 nitrogen and oxygen atoms in total. The molecule has 2 aliphatic rings. The van der Waals surface area contributed by atoms with Gasteiger partial charge in [0.05, 0.1) is 6.20 Å². The molecule has 0 atom stereocenters. The van der Waals surface area contributed by atoms with Crippen molar-refractivity contribution in [1.29, 1.82) is 0 Å². The molecular formula is C8H7N3OS. The Balaban J connectivity index is 2.37. The predicted octanol–water partition coefficient (Wildman–Crippen LogP) is 0.469. The van der Waals surface area contributed by atoms with Gasteiger partial charge in [0.15, 0.2) is 0 Å². The summed E-state index contributed by atoms with van der Waals surface area (Å²) in [4.78, 5) is 18.8. The van der Waals surface area contributed by atoms with E-state index in [4.69, 9.17) is 5.73 Å². The number of nitrogens with zero attached hydrogens (tertiary/aromatic N) is 2. The first-order chi connectivity index (χ1) is 6.27. The summed E-state index contributed by atoms with van der Waals surface area (Å²) in [5, 5.41) is 0.903. The van der Waals surface area contributed by atoms with Gasteiger partial charge >= 0.3 is 0 Å². The summed E-state index contributed by atoms with van der Waals surface area (Å²) in [5.74, 6) is 0.367. The fourth-order valence-corrected chi connectivity index (χ4v) is 1.87. The molecule has 0 unspecified atom stereocenters. The molecule has 5 heteroatoms. The Labute approximate surface area is 79.3 Å². The van der Waals surface area contributed by atoms with Crippen LogP contribution in [0.15, 0.2) is 33.5 Å². The van der Waals surface area contributed by atoms with Crippen molar-refractivity contribution in [2.24, 2.45) is 15.7 Å². The van der Waals surface area contributed by atoms with Gasteiger partial charge in [0.25, 0.3) is 5.91 Å². The third-order valence-corrected chi connectivity index (χ3v) is 2.62. The number of hydrogen-bond acceptors (Lipinski definition) is 4. The average Bonchev–Trinajstić information content (AvgIpc) is 2.44. The highest BCUT2D eigenvalue weighted by Gasteiger charge is 2.14. The third kappa shape index (κ3) is 1.55. The highest BCUT2D eigenvalue weighted by atomic mass is 32.2. The molecule has 0 aromatic carbocycles. The number of rotatable bonds is 1. The molecule has 13 heavy (non-hydrogen) atoms. The summed E-state index contributed by atoms with van der Waals surface area (Å²) in [5.41, 5.74) is 6.24. The summed E-state index contributed by atoms with van der Waals surface area (Å²) in [6.07, 6.45) is 5.06. The minimum Gasteiger partial charge on any atom is -0.364 e. The predicted molar refractivity (Wildman–Crippen MR) is 53.7 cm³/mol. The van der Waals surface area contributed by atoms with Gasteiger partial charge in [0.1, 0.15) is 10.7 Å². The Hall–Kier alpha value is -1.36. The fourth-order valence-electron chi connectivity index (χ4n) is 1.02. The van der Waals surface area contributed by atoms with Crippen LogP contribution in [0, 0.1) is 0 Å². The summed E-state index contributed by atoms with van der Waals surface area (Å²) >= 11 is 1.62. The Morgan fingerprint density at radius 2 is 2.46 bits per heavy atom. The molecule has 2 aliphatic heterocycles. The largest absolute Gasteiger partial charge is 0.364 e. The monoisotopic (exact) mass is 193 g/mol. The molecule has 2 N–H and O–H groups in total. The second-order valence-electron chi connectivity index (χ2n) is 2.54. The van der Waals surface area contributed by atoms with E-state index in [1.54, 1.807) is 18.0 Å². The molecule has 1 amide bonds. The lowest BCUT2D eigenvalue weighted by Gasteiger charge is -1.90. The van der Waals surface area contributed by atoms with Crippen molar-refractivity contribution in [1.82, 2.24) is 0 Å². The summed E-state index contributed by atoms with van der Waals surface area (Å²) < 4.78 is 0. The first kappa shape index (κ1) is 8.25. The van der Waals surface area contributed by atoms with E-state index in [9.17, 15) is 4.79 Å². The van der Waals surface area contributed by atoms with Crippen LogP contribution in [-0.2, 0) is 4.79 Å². The van der Waals surface area contributed by atoms with Crippen LogP contribution >= 0.6 is 11.8 Å². The smallest absolute Gasteiger partial charge is 0.268 e. The topological polar surface area (TPSA) is 67.8 Å². The van der Waals surface area contributed by atoms with Crippen molar-refractivity contribution < 1.29 is 4.79 Å². The molecule has 0 spiro atoms. The number of nitrogens with two attached hydrogens (primary N) is 1. The van der Waals surface area contributed by atoms with E-state index in [-0.39, 0.29) is 5.70 Å².